The lowest BCUT2D eigenvalue weighted by Gasteiger charge is -2.33. The van der Waals surface area contributed by atoms with Crippen molar-refractivity contribution < 1.29 is 28.5 Å². The summed E-state index contributed by atoms with van der Waals surface area (Å²) in [6.07, 6.45) is -0.320. The first-order valence-electron chi connectivity index (χ1n) is 9.64. The van der Waals surface area contributed by atoms with Gasteiger partial charge in [0.05, 0.1) is 6.61 Å². The third-order valence-corrected chi connectivity index (χ3v) is 5.27. The van der Waals surface area contributed by atoms with Gasteiger partial charge < -0.3 is 9.64 Å². The third kappa shape index (κ3) is 4.00. The first kappa shape index (κ1) is 20.9. The molecule has 0 aromatic rings. The van der Waals surface area contributed by atoms with Crippen molar-refractivity contribution in [2.45, 2.75) is 19.9 Å². The summed E-state index contributed by atoms with van der Waals surface area (Å²) < 4.78 is 6.71. The Morgan fingerprint density at radius 3 is 2.38 bits per heavy atom. The standard InChI is InChI=1S/C18H27N6O5/c1-5-29-18(28)23-8-6-22(7-9-23)11-13-19-15-14(24(13)10-12(2)25)16(26)21(4)17(27)20(15)3/h14H,5-11H2,1-4H3/q+1. The monoisotopic (exact) mass is 407 g/mol. The normalized spacial score (nSPS) is 22.8. The van der Waals surface area contributed by atoms with Gasteiger partial charge in [0.2, 0.25) is 0 Å². The number of hydrogen-bond donors (Lipinski definition) is 0. The zero-order valence-electron chi connectivity index (χ0n) is 17.3. The minimum Gasteiger partial charge on any atom is -0.450 e. The van der Waals surface area contributed by atoms with Crippen LogP contribution in [0, 0.1) is 0 Å². The smallest absolute Gasteiger partial charge is 0.409 e. The van der Waals surface area contributed by atoms with Crippen molar-refractivity contribution >= 4 is 35.5 Å². The van der Waals surface area contributed by atoms with Crippen LogP contribution in [0.1, 0.15) is 13.8 Å². The molecule has 2 saturated heterocycles. The fraction of sp³-hybridized carbons (Fsp3) is 0.667. The average Bonchev–Trinajstić information content (AvgIpc) is 3.03. The van der Waals surface area contributed by atoms with E-state index >= 15 is 0 Å². The van der Waals surface area contributed by atoms with Gasteiger partial charge in [-0.1, -0.05) is 0 Å². The minimum atomic E-state index is -0.776. The van der Waals surface area contributed by atoms with Gasteiger partial charge in [0.15, 0.2) is 5.78 Å². The Kier molecular flexibility index (Phi) is 5.96. The highest BCUT2D eigenvalue weighted by Crippen LogP contribution is 2.19. The van der Waals surface area contributed by atoms with E-state index in [1.807, 2.05) is 0 Å². The number of Topliss-reactive ketones (excluding diaryl/α,β-unsaturated/α-hetero) is 1. The fourth-order valence-electron chi connectivity index (χ4n) is 3.70. The van der Waals surface area contributed by atoms with E-state index in [4.69, 9.17) is 4.74 Å². The van der Waals surface area contributed by atoms with E-state index in [0.717, 1.165) is 4.90 Å². The molecule has 0 aliphatic carbocycles. The maximum Gasteiger partial charge on any atom is 0.409 e. The maximum atomic E-state index is 12.7. The first-order valence-corrected chi connectivity index (χ1v) is 9.64. The summed E-state index contributed by atoms with van der Waals surface area (Å²) in [5, 5.41) is 0. The van der Waals surface area contributed by atoms with Crippen LogP contribution in [0.2, 0.25) is 0 Å². The van der Waals surface area contributed by atoms with E-state index in [-0.39, 0.29) is 18.4 Å². The molecule has 2 fully saturated rings. The number of rotatable bonds is 5. The molecule has 4 amide bonds. The van der Waals surface area contributed by atoms with E-state index in [9.17, 15) is 19.2 Å². The predicted octanol–water partition coefficient (Wildman–Crippen LogP) is -0.935. The lowest BCUT2D eigenvalue weighted by atomic mass is 10.1. The quantitative estimate of drug-likeness (QED) is 0.545. The number of aliphatic imine (C=N–C) groups is 1. The highest BCUT2D eigenvalue weighted by Gasteiger charge is 2.53. The summed E-state index contributed by atoms with van der Waals surface area (Å²) >= 11 is 0. The van der Waals surface area contributed by atoms with Crippen molar-refractivity contribution in [3.8, 4) is 0 Å². The van der Waals surface area contributed by atoms with E-state index in [1.54, 1.807) is 23.4 Å². The summed E-state index contributed by atoms with van der Waals surface area (Å²) in [6.45, 7) is 6.32. The van der Waals surface area contributed by atoms with Crippen LogP contribution in [-0.2, 0) is 14.3 Å². The predicted molar refractivity (Wildman–Crippen MR) is 103 cm³/mol. The molecule has 3 rings (SSSR count). The van der Waals surface area contributed by atoms with E-state index in [1.165, 1.54) is 18.9 Å². The van der Waals surface area contributed by atoms with Gasteiger partial charge in [0.1, 0.15) is 13.1 Å². The van der Waals surface area contributed by atoms with E-state index in [0.29, 0.717) is 51.0 Å². The molecule has 0 spiro atoms. The first-order chi connectivity index (χ1) is 13.7. The number of amidine groups is 2. The molecule has 3 heterocycles. The number of likely N-dealkylation sites (N-methyl/N-ethyl adjacent to an activating group) is 2. The van der Waals surface area contributed by atoms with Crippen molar-refractivity contribution in [1.29, 1.82) is 0 Å². The summed E-state index contributed by atoms with van der Waals surface area (Å²) in [5.74, 6) is 0.434. The molecule has 3 aliphatic heterocycles. The number of hydrogen-bond acceptors (Lipinski definition) is 7. The van der Waals surface area contributed by atoms with Crippen LogP contribution in [-0.4, -0.2) is 126 Å². The second-order valence-corrected chi connectivity index (χ2v) is 7.32. The van der Waals surface area contributed by atoms with Crippen LogP contribution in [0.5, 0.6) is 0 Å². The molecule has 1 unspecified atom stereocenters. The van der Waals surface area contributed by atoms with Crippen LogP contribution in [0.3, 0.4) is 0 Å². The Morgan fingerprint density at radius 1 is 1.14 bits per heavy atom. The van der Waals surface area contributed by atoms with E-state index < -0.39 is 18.0 Å². The Bertz CT molecular complexity index is 799. The Hall–Kier alpha value is -2.82. The largest absolute Gasteiger partial charge is 0.450 e. The van der Waals surface area contributed by atoms with Gasteiger partial charge in [-0.15, -0.1) is 0 Å². The maximum absolute atomic E-state index is 12.7. The van der Waals surface area contributed by atoms with Crippen LogP contribution in [0.4, 0.5) is 9.59 Å². The Balaban J connectivity index is 1.78. The molecule has 0 radical (unpaired) electrons. The van der Waals surface area contributed by atoms with Crippen LogP contribution >= 0.6 is 0 Å². The molecule has 0 aromatic carbocycles. The van der Waals surface area contributed by atoms with Crippen molar-refractivity contribution in [3.05, 3.63) is 0 Å². The van der Waals surface area contributed by atoms with Gasteiger partial charge in [0, 0.05) is 40.3 Å². The zero-order valence-corrected chi connectivity index (χ0v) is 17.3. The molecule has 29 heavy (non-hydrogen) atoms. The molecule has 11 heteroatoms. The molecule has 0 saturated carbocycles. The number of nitrogens with zero attached hydrogens (tertiary/aromatic N) is 6. The highest BCUT2D eigenvalue weighted by atomic mass is 16.6. The average molecular weight is 407 g/mol. The summed E-state index contributed by atoms with van der Waals surface area (Å²) in [7, 11) is 3.00. The number of urea groups is 1. The SMILES string of the molecule is CCOC(=O)N1CCN(CC2=[N+](CC(C)=O)C3C(=O)N(C)C(=O)N(C)C3=N2)CC1. The van der Waals surface area contributed by atoms with Gasteiger partial charge in [-0.25, -0.2) is 14.2 Å². The molecule has 0 N–H and O–H groups in total. The molecule has 0 aromatic heterocycles. The van der Waals surface area contributed by atoms with Gasteiger partial charge in [-0.3, -0.25) is 24.3 Å². The summed E-state index contributed by atoms with van der Waals surface area (Å²) in [4.78, 5) is 59.4. The van der Waals surface area contributed by atoms with Gasteiger partial charge in [0.25, 0.3) is 17.8 Å². The molecule has 11 nitrogen and oxygen atoms in total. The van der Waals surface area contributed by atoms with Gasteiger partial charge in [-0.2, -0.15) is 0 Å². The second-order valence-electron chi connectivity index (χ2n) is 7.32. The third-order valence-electron chi connectivity index (χ3n) is 5.27. The highest BCUT2D eigenvalue weighted by molar-refractivity contribution is 6.23. The van der Waals surface area contributed by atoms with Crippen LogP contribution in [0.15, 0.2) is 4.99 Å². The number of fused-ring (bicyclic) bond motifs is 1. The number of carbonyl (C=O) groups is 4. The van der Waals surface area contributed by atoms with Gasteiger partial charge >= 0.3 is 18.0 Å². The topological polar surface area (TPSA) is 106 Å². The molecular formula is C18H27N6O5+. The van der Waals surface area contributed by atoms with Crippen molar-refractivity contribution in [1.82, 2.24) is 19.6 Å². The Labute approximate surface area is 169 Å². The molecule has 0 bridgehead atoms. The number of ketones is 1. The lowest BCUT2D eigenvalue weighted by molar-refractivity contribution is -0.524. The van der Waals surface area contributed by atoms with Crippen LogP contribution in [0.25, 0.3) is 0 Å². The summed E-state index contributed by atoms with van der Waals surface area (Å²) in [6, 6.07) is -1.22. The van der Waals surface area contributed by atoms with Crippen molar-refractivity contribution in [2.75, 3.05) is 60.0 Å². The van der Waals surface area contributed by atoms with Crippen molar-refractivity contribution in [2.24, 2.45) is 4.99 Å². The number of piperazine rings is 1. The fourth-order valence-corrected chi connectivity index (χ4v) is 3.70. The summed E-state index contributed by atoms with van der Waals surface area (Å²) in [5.41, 5.74) is 0. The van der Waals surface area contributed by atoms with Crippen molar-refractivity contribution in [3.63, 3.8) is 0 Å². The number of carbonyl (C=O) groups excluding carboxylic acids is 4. The van der Waals surface area contributed by atoms with E-state index in [2.05, 4.69) is 9.89 Å². The molecular weight excluding hydrogens is 380 g/mol. The number of imide groups is 1. The molecule has 3 aliphatic rings. The van der Waals surface area contributed by atoms with Gasteiger partial charge in [-0.05, 0) is 18.8 Å². The molecule has 1 atom stereocenters. The lowest BCUT2D eigenvalue weighted by Crippen LogP contribution is -2.62. The second kappa shape index (κ2) is 8.27. The van der Waals surface area contributed by atoms with Crippen LogP contribution < -0.4 is 0 Å². The number of ether oxygens (including phenoxy) is 1. The minimum absolute atomic E-state index is 0.0391. The Morgan fingerprint density at radius 2 is 1.79 bits per heavy atom. The molecule has 158 valence electrons. The number of amides is 4. The zero-order chi connectivity index (χ0) is 21.3.